The number of hydrogen-bond acceptors (Lipinski definition) is 4. The average Bonchev–Trinajstić information content (AvgIpc) is 3.00. The van der Waals surface area contributed by atoms with Crippen LogP contribution >= 0.6 is 0 Å². The quantitative estimate of drug-likeness (QED) is 0.679. The number of amides is 1. The third kappa shape index (κ3) is 4.56. The van der Waals surface area contributed by atoms with Gasteiger partial charge < -0.3 is 15.2 Å². The number of imidazole rings is 1. The van der Waals surface area contributed by atoms with Crippen molar-refractivity contribution < 1.29 is 18.0 Å². The van der Waals surface area contributed by atoms with E-state index in [4.69, 9.17) is 0 Å². The molecule has 158 valence electrons. The number of para-hydroxylation sites is 3. The summed E-state index contributed by atoms with van der Waals surface area (Å²) < 4.78 is 39.3. The van der Waals surface area contributed by atoms with E-state index in [0.717, 1.165) is 36.0 Å². The Kier molecular flexibility index (Phi) is 5.63. The molecule has 0 atom stereocenters. The van der Waals surface area contributed by atoms with Crippen LogP contribution in [0.25, 0.3) is 11.0 Å². The van der Waals surface area contributed by atoms with E-state index < -0.39 is 17.6 Å². The van der Waals surface area contributed by atoms with Gasteiger partial charge in [0.25, 0.3) is 0 Å². The summed E-state index contributed by atoms with van der Waals surface area (Å²) in [6.45, 7) is 2.80. The van der Waals surface area contributed by atoms with Crippen LogP contribution in [0.15, 0.2) is 48.5 Å². The van der Waals surface area contributed by atoms with Crippen LogP contribution in [0, 0.1) is 0 Å². The van der Waals surface area contributed by atoms with Crippen molar-refractivity contribution >= 4 is 28.6 Å². The lowest BCUT2D eigenvalue weighted by Crippen LogP contribution is -2.36. The lowest BCUT2D eigenvalue weighted by molar-refractivity contribution is -0.137. The summed E-state index contributed by atoms with van der Waals surface area (Å²) in [7, 11) is 0. The second-order valence-corrected chi connectivity index (χ2v) is 7.29. The Morgan fingerprint density at radius 2 is 1.80 bits per heavy atom. The van der Waals surface area contributed by atoms with E-state index in [1.54, 1.807) is 0 Å². The van der Waals surface area contributed by atoms with Gasteiger partial charge in [-0.05, 0) is 30.7 Å². The summed E-state index contributed by atoms with van der Waals surface area (Å²) in [6.07, 6.45) is -3.69. The van der Waals surface area contributed by atoms with E-state index in [9.17, 15) is 18.0 Å². The number of anilines is 2. The molecule has 30 heavy (non-hydrogen) atoms. The third-order valence-corrected chi connectivity index (χ3v) is 5.14. The number of halogens is 3. The largest absolute Gasteiger partial charge is 0.418 e. The molecule has 3 aromatic rings. The van der Waals surface area contributed by atoms with Gasteiger partial charge in [-0.15, -0.1) is 0 Å². The summed E-state index contributed by atoms with van der Waals surface area (Å²) in [6, 6.07) is 12.8. The molecule has 9 heteroatoms. The van der Waals surface area contributed by atoms with Gasteiger partial charge in [-0.3, -0.25) is 9.69 Å². The molecule has 1 aliphatic heterocycles. The van der Waals surface area contributed by atoms with Gasteiger partial charge in [0.2, 0.25) is 11.9 Å². The summed E-state index contributed by atoms with van der Waals surface area (Å²) in [5, 5.41) is 2.41. The van der Waals surface area contributed by atoms with E-state index in [1.807, 2.05) is 29.2 Å². The molecule has 0 spiro atoms. The minimum atomic E-state index is -4.51. The number of fused-ring (bicyclic) bond motifs is 1. The molecule has 0 bridgehead atoms. The number of aromatic nitrogens is 2. The zero-order chi connectivity index (χ0) is 21.1. The van der Waals surface area contributed by atoms with Gasteiger partial charge in [-0.25, -0.2) is 4.98 Å². The number of rotatable bonds is 4. The third-order valence-electron chi connectivity index (χ3n) is 5.14. The summed E-state index contributed by atoms with van der Waals surface area (Å²) in [5.74, 6) is 0.338. The van der Waals surface area contributed by atoms with Crippen molar-refractivity contribution in [1.82, 2.24) is 14.9 Å². The van der Waals surface area contributed by atoms with Gasteiger partial charge in [-0.1, -0.05) is 24.3 Å². The normalized spacial score (nSPS) is 15.9. The monoisotopic (exact) mass is 417 g/mol. The predicted octanol–water partition coefficient (Wildman–Crippen LogP) is 3.73. The first-order chi connectivity index (χ1) is 14.4. The second-order valence-electron chi connectivity index (χ2n) is 7.29. The SMILES string of the molecule is O=C(CN1CCCN(c2nc3ccccc3[nH]2)CC1)Nc1ccccc1C(F)(F)F. The lowest BCUT2D eigenvalue weighted by atomic mass is 10.1. The van der Waals surface area contributed by atoms with Crippen LogP contribution in [0.4, 0.5) is 24.8 Å². The first-order valence-electron chi connectivity index (χ1n) is 9.78. The fourth-order valence-corrected chi connectivity index (χ4v) is 3.66. The highest BCUT2D eigenvalue weighted by molar-refractivity contribution is 5.93. The van der Waals surface area contributed by atoms with Crippen LogP contribution in [-0.4, -0.2) is 53.5 Å². The highest BCUT2D eigenvalue weighted by Crippen LogP contribution is 2.34. The molecule has 2 aromatic carbocycles. The molecule has 1 aromatic heterocycles. The maximum Gasteiger partial charge on any atom is 0.418 e. The summed E-state index contributed by atoms with van der Waals surface area (Å²) >= 11 is 0. The Morgan fingerprint density at radius 3 is 2.60 bits per heavy atom. The number of carbonyl (C=O) groups excluding carboxylic acids is 1. The first kappa shape index (κ1) is 20.2. The van der Waals surface area contributed by atoms with Crippen LogP contribution in [0.5, 0.6) is 0 Å². The zero-order valence-electron chi connectivity index (χ0n) is 16.2. The highest BCUT2D eigenvalue weighted by Gasteiger charge is 2.33. The minimum Gasteiger partial charge on any atom is -0.341 e. The standard InChI is InChI=1S/C21H22F3N5O/c22-21(23,24)15-6-1-2-7-16(15)25-19(30)14-28-10-5-11-29(13-12-28)20-26-17-8-3-4-9-18(17)27-20/h1-4,6-9H,5,10-14H2,(H,25,30)(H,26,27). The maximum atomic E-state index is 13.1. The predicted molar refractivity (Wildman–Crippen MR) is 109 cm³/mol. The molecule has 1 aliphatic rings. The lowest BCUT2D eigenvalue weighted by Gasteiger charge is -2.21. The molecule has 2 heterocycles. The zero-order valence-corrected chi connectivity index (χ0v) is 16.2. The Morgan fingerprint density at radius 1 is 1.03 bits per heavy atom. The number of carbonyl (C=O) groups is 1. The van der Waals surface area contributed by atoms with E-state index in [2.05, 4.69) is 20.2 Å². The Balaban J connectivity index is 1.37. The van der Waals surface area contributed by atoms with Gasteiger partial charge in [-0.2, -0.15) is 13.2 Å². The Labute approximate surface area is 171 Å². The van der Waals surface area contributed by atoms with Crippen molar-refractivity contribution in [3.05, 3.63) is 54.1 Å². The molecule has 1 fully saturated rings. The number of benzene rings is 2. The summed E-state index contributed by atoms with van der Waals surface area (Å²) in [5.41, 5.74) is 0.812. The minimum absolute atomic E-state index is 0.0418. The Bertz CT molecular complexity index is 1000. The first-order valence-corrected chi connectivity index (χ1v) is 9.78. The molecule has 0 unspecified atom stereocenters. The molecule has 0 saturated carbocycles. The number of nitrogens with one attached hydrogen (secondary N) is 2. The number of alkyl halides is 3. The molecule has 0 aliphatic carbocycles. The number of H-pyrrole nitrogens is 1. The second kappa shape index (κ2) is 8.35. The smallest absolute Gasteiger partial charge is 0.341 e. The van der Waals surface area contributed by atoms with Crippen molar-refractivity contribution in [2.24, 2.45) is 0 Å². The van der Waals surface area contributed by atoms with Crippen molar-refractivity contribution in [3.8, 4) is 0 Å². The van der Waals surface area contributed by atoms with Crippen LogP contribution in [0.2, 0.25) is 0 Å². The topological polar surface area (TPSA) is 64.3 Å². The van der Waals surface area contributed by atoms with Crippen molar-refractivity contribution in [2.45, 2.75) is 12.6 Å². The Hall–Kier alpha value is -3.07. The van der Waals surface area contributed by atoms with E-state index in [0.29, 0.717) is 19.6 Å². The molecule has 0 radical (unpaired) electrons. The van der Waals surface area contributed by atoms with Crippen LogP contribution in [-0.2, 0) is 11.0 Å². The van der Waals surface area contributed by atoms with E-state index in [1.165, 1.54) is 18.2 Å². The molecule has 4 rings (SSSR count). The molecular formula is C21H22F3N5O. The van der Waals surface area contributed by atoms with Crippen molar-refractivity contribution in [1.29, 1.82) is 0 Å². The van der Waals surface area contributed by atoms with Gasteiger partial charge >= 0.3 is 6.18 Å². The fourth-order valence-electron chi connectivity index (χ4n) is 3.66. The van der Waals surface area contributed by atoms with Gasteiger partial charge in [0.05, 0.1) is 28.8 Å². The van der Waals surface area contributed by atoms with Crippen LogP contribution < -0.4 is 10.2 Å². The van der Waals surface area contributed by atoms with Crippen molar-refractivity contribution in [3.63, 3.8) is 0 Å². The molecule has 1 saturated heterocycles. The van der Waals surface area contributed by atoms with Gasteiger partial charge in [0.1, 0.15) is 0 Å². The number of hydrogen-bond donors (Lipinski definition) is 2. The van der Waals surface area contributed by atoms with E-state index >= 15 is 0 Å². The van der Waals surface area contributed by atoms with E-state index in [-0.39, 0.29) is 12.2 Å². The van der Waals surface area contributed by atoms with Crippen molar-refractivity contribution in [2.75, 3.05) is 42.9 Å². The van der Waals surface area contributed by atoms with Gasteiger partial charge in [0, 0.05) is 26.2 Å². The van der Waals surface area contributed by atoms with Gasteiger partial charge in [0.15, 0.2) is 0 Å². The number of aromatic amines is 1. The number of nitrogens with zero attached hydrogens (tertiary/aromatic N) is 3. The molecular weight excluding hydrogens is 395 g/mol. The average molecular weight is 417 g/mol. The summed E-state index contributed by atoms with van der Waals surface area (Å²) in [4.78, 5) is 24.4. The highest BCUT2D eigenvalue weighted by atomic mass is 19.4. The molecule has 1 amide bonds. The maximum absolute atomic E-state index is 13.1. The van der Waals surface area contributed by atoms with Crippen LogP contribution in [0.3, 0.4) is 0 Å². The molecule has 6 nitrogen and oxygen atoms in total. The molecule has 2 N–H and O–H groups in total. The van der Waals surface area contributed by atoms with Crippen LogP contribution in [0.1, 0.15) is 12.0 Å². The fraction of sp³-hybridized carbons (Fsp3) is 0.333.